The van der Waals surface area contributed by atoms with E-state index in [4.69, 9.17) is 9.90 Å². The van der Waals surface area contributed by atoms with E-state index < -0.39 is 17.0 Å². The SMILES string of the molecule is CC(=O)C1(C)CC2C=CC1(O)CC2.CC(=O)O. The first-order valence-corrected chi connectivity index (χ1v) is 5.83. The Morgan fingerprint density at radius 3 is 2.12 bits per heavy atom. The van der Waals surface area contributed by atoms with Crippen LogP contribution in [0.1, 0.15) is 40.0 Å². The molecule has 0 aliphatic heterocycles. The zero-order valence-electron chi connectivity index (χ0n) is 10.6. The van der Waals surface area contributed by atoms with Crippen LogP contribution in [-0.2, 0) is 9.59 Å². The number of ketones is 1. The number of aliphatic carboxylic acids is 1. The fourth-order valence-electron chi connectivity index (χ4n) is 2.66. The molecule has 4 heteroatoms. The van der Waals surface area contributed by atoms with E-state index in [1.54, 1.807) is 6.92 Å². The molecule has 0 heterocycles. The van der Waals surface area contributed by atoms with Gasteiger partial charge in [-0.15, -0.1) is 0 Å². The Labute approximate surface area is 101 Å². The first-order valence-electron chi connectivity index (χ1n) is 5.83. The Morgan fingerprint density at radius 1 is 1.35 bits per heavy atom. The minimum absolute atomic E-state index is 0.115. The summed E-state index contributed by atoms with van der Waals surface area (Å²) in [6, 6.07) is 0. The van der Waals surface area contributed by atoms with Gasteiger partial charge in [0.05, 0.1) is 11.0 Å². The highest BCUT2D eigenvalue weighted by Gasteiger charge is 2.54. The van der Waals surface area contributed by atoms with Crippen molar-refractivity contribution >= 4 is 11.8 Å². The van der Waals surface area contributed by atoms with Gasteiger partial charge in [0.2, 0.25) is 0 Å². The molecule has 17 heavy (non-hydrogen) atoms. The lowest BCUT2D eigenvalue weighted by Crippen LogP contribution is -2.55. The maximum absolute atomic E-state index is 11.5. The van der Waals surface area contributed by atoms with E-state index >= 15 is 0 Å². The van der Waals surface area contributed by atoms with E-state index in [1.165, 1.54) is 0 Å². The summed E-state index contributed by atoms with van der Waals surface area (Å²) >= 11 is 0. The Bertz CT molecular complexity index is 356. The first kappa shape index (κ1) is 13.9. The van der Waals surface area contributed by atoms with Crippen molar-refractivity contribution in [1.82, 2.24) is 0 Å². The van der Waals surface area contributed by atoms with Crippen molar-refractivity contribution in [2.75, 3.05) is 0 Å². The number of rotatable bonds is 1. The maximum Gasteiger partial charge on any atom is 0.300 e. The molecule has 1 fully saturated rings. The molecule has 2 bridgehead atoms. The van der Waals surface area contributed by atoms with E-state index in [9.17, 15) is 9.90 Å². The van der Waals surface area contributed by atoms with E-state index in [-0.39, 0.29) is 5.78 Å². The molecular formula is C13H20O4. The van der Waals surface area contributed by atoms with Gasteiger partial charge in [-0.2, -0.15) is 0 Å². The summed E-state index contributed by atoms with van der Waals surface area (Å²) < 4.78 is 0. The van der Waals surface area contributed by atoms with Crippen molar-refractivity contribution in [3.05, 3.63) is 12.2 Å². The van der Waals surface area contributed by atoms with Gasteiger partial charge in [-0.05, 0) is 39.0 Å². The average Bonchev–Trinajstić information content (AvgIpc) is 2.19. The summed E-state index contributed by atoms with van der Waals surface area (Å²) in [6.07, 6.45) is 6.48. The Morgan fingerprint density at radius 2 is 1.88 bits per heavy atom. The van der Waals surface area contributed by atoms with Crippen molar-refractivity contribution in [1.29, 1.82) is 0 Å². The van der Waals surface area contributed by atoms with Gasteiger partial charge in [-0.3, -0.25) is 9.59 Å². The van der Waals surface area contributed by atoms with Crippen LogP contribution in [0.15, 0.2) is 12.2 Å². The molecule has 1 saturated carbocycles. The highest BCUT2D eigenvalue weighted by Crippen LogP contribution is 2.51. The third-order valence-electron chi connectivity index (χ3n) is 3.94. The number of carboxylic acid groups (broad SMARTS) is 1. The summed E-state index contributed by atoms with van der Waals surface area (Å²) in [7, 11) is 0. The normalized spacial score (nSPS) is 38.2. The average molecular weight is 240 g/mol. The van der Waals surface area contributed by atoms with Crippen LogP contribution in [0.2, 0.25) is 0 Å². The zero-order chi connectivity index (χ0) is 13.3. The van der Waals surface area contributed by atoms with Crippen LogP contribution in [0, 0.1) is 11.3 Å². The highest BCUT2D eigenvalue weighted by atomic mass is 16.4. The largest absolute Gasteiger partial charge is 0.481 e. The molecule has 3 rings (SSSR count). The van der Waals surface area contributed by atoms with Crippen molar-refractivity contribution in [2.24, 2.45) is 11.3 Å². The second-order valence-electron chi connectivity index (χ2n) is 5.19. The van der Waals surface area contributed by atoms with Crippen molar-refractivity contribution in [2.45, 2.75) is 45.6 Å². The van der Waals surface area contributed by atoms with Gasteiger partial charge in [0.25, 0.3) is 5.97 Å². The van der Waals surface area contributed by atoms with Crippen LogP contribution in [-0.4, -0.2) is 27.6 Å². The van der Waals surface area contributed by atoms with Gasteiger partial charge in [0.15, 0.2) is 0 Å². The number of allylic oxidation sites excluding steroid dienone is 1. The highest BCUT2D eigenvalue weighted by molar-refractivity contribution is 5.84. The molecule has 0 amide bonds. The fraction of sp³-hybridized carbons (Fsp3) is 0.692. The molecule has 96 valence electrons. The number of hydrogen-bond donors (Lipinski definition) is 2. The summed E-state index contributed by atoms with van der Waals surface area (Å²) in [5, 5.41) is 17.7. The lowest BCUT2D eigenvalue weighted by Gasteiger charge is -2.51. The molecular weight excluding hydrogens is 220 g/mol. The number of fused-ring (bicyclic) bond motifs is 2. The molecule has 0 spiro atoms. The van der Waals surface area contributed by atoms with Crippen molar-refractivity contribution in [3.63, 3.8) is 0 Å². The van der Waals surface area contributed by atoms with Gasteiger partial charge in [-0.25, -0.2) is 0 Å². The summed E-state index contributed by atoms with van der Waals surface area (Å²) in [4.78, 5) is 20.5. The second kappa shape index (κ2) is 4.61. The lowest BCUT2D eigenvalue weighted by atomic mass is 9.56. The molecule has 0 aromatic carbocycles. The molecule has 4 nitrogen and oxygen atoms in total. The van der Waals surface area contributed by atoms with Gasteiger partial charge in [-0.1, -0.05) is 12.2 Å². The molecule has 3 aliphatic rings. The van der Waals surface area contributed by atoms with Crippen LogP contribution in [0.25, 0.3) is 0 Å². The number of carboxylic acids is 1. The van der Waals surface area contributed by atoms with E-state index in [0.29, 0.717) is 5.92 Å². The standard InChI is InChI=1S/C11H16O2.C2H4O2/c1-8(12)10(2)7-9-3-5-11(10,13)6-4-9;1-2(3)4/h3,5,9,13H,4,6-7H2,1-2H3;1H3,(H,3,4). The monoisotopic (exact) mass is 240 g/mol. The molecule has 2 N–H and O–H groups in total. The van der Waals surface area contributed by atoms with Gasteiger partial charge < -0.3 is 10.2 Å². The quantitative estimate of drug-likeness (QED) is 0.685. The number of aliphatic hydroxyl groups is 1. The summed E-state index contributed by atoms with van der Waals surface area (Å²) in [6.45, 7) is 4.57. The summed E-state index contributed by atoms with van der Waals surface area (Å²) in [5.74, 6) is -0.216. The minimum Gasteiger partial charge on any atom is -0.481 e. The lowest BCUT2D eigenvalue weighted by molar-refractivity contribution is -0.148. The van der Waals surface area contributed by atoms with Crippen LogP contribution >= 0.6 is 0 Å². The molecule has 0 aromatic rings. The Kier molecular flexibility index (Phi) is 3.77. The van der Waals surface area contributed by atoms with Gasteiger partial charge in [0, 0.05) is 6.92 Å². The fourth-order valence-corrected chi connectivity index (χ4v) is 2.66. The Balaban J connectivity index is 0.000000317. The third kappa shape index (κ3) is 2.57. The van der Waals surface area contributed by atoms with Gasteiger partial charge in [0.1, 0.15) is 5.78 Å². The van der Waals surface area contributed by atoms with Crippen LogP contribution < -0.4 is 0 Å². The third-order valence-corrected chi connectivity index (χ3v) is 3.94. The Hall–Kier alpha value is -1.16. The van der Waals surface area contributed by atoms with Gasteiger partial charge >= 0.3 is 0 Å². The second-order valence-corrected chi connectivity index (χ2v) is 5.19. The smallest absolute Gasteiger partial charge is 0.300 e. The first-order chi connectivity index (χ1) is 7.71. The minimum atomic E-state index is -0.867. The van der Waals surface area contributed by atoms with Crippen LogP contribution in [0.5, 0.6) is 0 Å². The molecule has 3 aliphatic carbocycles. The molecule has 0 aromatic heterocycles. The van der Waals surface area contributed by atoms with Crippen molar-refractivity contribution in [3.8, 4) is 0 Å². The number of hydrogen-bond acceptors (Lipinski definition) is 3. The molecule has 3 atom stereocenters. The molecule has 0 saturated heterocycles. The predicted molar refractivity (Wildman–Crippen MR) is 63.5 cm³/mol. The van der Waals surface area contributed by atoms with E-state index in [0.717, 1.165) is 26.2 Å². The van der Waals surface area contributed by atoms with Crippen LogP contribution in [0.3, 0.4) is 0 Å². The summed E-state index contributed by atoms with van der Waals surface area (Å²) in [5.41, 5.74) is -1.40. The number of carbonyl (C=O) groups is 2. The number of carbonyl (C=O) groups excluding carboxylic acids is 1. The van der Waals surface area contributed by atoms with Crippen LogP contribution in [0.4, 0.5) is 0 Å². The zero-order valence-corrected chi connectivity index (χ0v) is 10.6. The maximum atomic E-state index is 11.5. The van der Waals surface area contributed by atoms with E-state index in [2.05, 4.69) is 6.08 Å². The molecule has 3 unspecified atom stereocenters. The number of Topliss-reactive ketones (excluding diaryl/α,β-unsaturated/α-hetero) is 1. The predicted octanol–water partition coefficient (Wildman–Crippen LogP) is 1.77. The van der Waals surface area contributed by atoms with E-state index in [1.807, 2.05) is 13.0 Å². The molecule has 0 radical (unpaired) electrons. The topological polar surface area (TPSA) is 74.6 Å². The van der Waals surface area contributed by atoms with Crippen molar-refractivity contribution < 1.29 is 19.8 Å².